The van der Waals surface area contributed by atoms with Crippen LogP contribution in [0.1, 0.15) is 31.4 Å². The summed E-state index contributed by atoms with van der Waals surface area (Å²) in [4.78, 5) is 0. The van der Waals surface area contributed by atoms with Crippen LogP contribution in [-0.2, 0) is 6.18 Å². The summed E-state index contributed by atoms with van der Waals surface area (Å²) in [6.45, 7) is 5.58. The average molecular weight is 273 g/mol. The van der Waals surface area contributed by atoms with Gasteiger partial charge in [-0.25, -0.2) is 0 Å². The standard InChI is InChI=1S/C14H18F3NO/c1-8-4-5-9(14(15,16)17)6-10(8)18-11-7-12(19)13(11,2)3/h4-6,11-12,18-19H,7H2,1-3H3. The number of aliphatic hydroxyl groups excluding tert-OH is 1. The molecule has 1 aromatic carbocycles. The van der Waals surface area contributed by atoms with Gasteiger partial charge in [-0.05, 0) is 31.0 Å². The van der Waals surface area contributed by atoms with Crippen molar-refractivity contribution in [2.75, 3.05) is 5.32 Å². The van der Waals surface area contributed by atoms with Crippen LogP contribution in [0, 0.1) is 12.3 Å². The lowest BCUT2D eigenvalue weighted by atomic mass is 9.64. The fourth-order valence-corrected chi connectivity index (χ4v) is 2.29. The normalized spacial score (nSPS) is 25.8. The number of hydrogen-bond acceptors (Lipinski definition) is 2. The number of aliphatic hydroxyl groups is 1. The first-order chi connectivity index (χ1) is 8.62. The topological polar surface area (TPSA) is 32.3 Å². The molecule has 2 nitrogen and oxygen atoms in total. The van der Waals surface area contributed by atoms with E-state index in [2.05, 4.69) is 5.32 Å². The lowest BCUT2D eigenvalue weighted by Crippen LogP contribution is -2.57. The van der Waals surface area contributed by atoms with Crippen molar-refractivity contribution in [3.8, 4) is 0 Å². The van der Waals surface area contributed by atoms with E-state index in [1.807, 2.05) is 13.8 Å². The molecule has 2 N–H and O–H groups in total. The first-order valence-corrected chi connectivity index (χ1v) is 6.25. The van der Waals surface area contributed by atoms with Crippen LogP contribution in [0.3, 0.4) is 0 Å². The molecule has 0 heterocycles. The lowest BCUT2D eigenvalue weighted by Gasteiger charge is -2.50. The molecule has 106 valence electrons. The lowest BCUT2D eigenvalue weighted by molar-refractivity contribution is -0.137. The Hall–Kier alpha value is -1.23. The zero-order valence-electron chi connectivity index (χ0n) is 11.2. The SMILES string of the molecule is Cc1ccc(C(F)(F)F)cc1NC1CC(O)C1(C)C. The van der Waals surface area contributed by atoms with E-state index in [4.69, 9.17) is 0 Å². The van der Waals surface area contributed by atoms with Gasteiger partial charge in [-0.15, -0.1) is 0 Å². The molecule has 0 spiro atoms. The monoisotopic (exact) mass is 273 g/mol. The summed E-state index contributed by atoms with van der Waals surface area (Å²) in [5.74, 6) is 0. The Balaban J connectivity index is 2.21. The van der Waals surface area contributed by atoms with Crippen molar-refractivity contribution in [2.24, 2.45) is 5.41 Å². The Labute approximate surface area is 110 Å². The van der Waals surface area contributed by atoms with Crippen molar-refractivity contribution in [1.82, 2.24) is 0 Å². The summed E-state index contributed by atoms with van der Waals surface area (Å²) >= 11 is 0. The van der Waals surface area contributed by atoms with E-state index in [9.17, 15) is 18.3 Å². The van der Waals surface area contributed by atoms with E-state index in [0.29, 0.717) is 12.1 Å². The molecule has 0 aromatic heterocycles. The van der Waals surface area contributed by atoms with E-state index in [1.165, 1.54) is 6.07 Å². The highest BCUT2D eigenvalue weighted by Crippen LogP contribution is 2.43. The Morgan fingerprint density at radius 1 is 1.32 bits per heavy atom. The molecule has 2 unspecified atom stereocenters. The molecule has 19 heavy (non-hydrogen) atoms. The molecule has 2 atom stereocenters. The molecule has 0 saturated heterocycles. The summed E-state index contributed by atoms with van der Waals surface area (Å²) in [5, 5.41) is 12.8. The highest BCUT2D eigenvalue weighted by Gasteiger charge is 2.47. The third-order valence-electron chi connectivity index (χ3n) is 4.11. The van der Waals surface area contributed by atoms with Gasteiger partial charge in [0.2, 0.25) is 0 Å². The third-order valence-corrected chi connectivity index (χ3v) is 4.11. The molecule has 5 heteroatoms. The van der Waals surface area contributed by atoms with Gasteiger partial charge in [0.05, 0.1) is 11.7 Å². The number of aryl methyl sites for hydroxylation is 1. The number of rotatable bonds is 2. The molecule has 2 rings (SSSR count). The van der Waals surface area contributed by atoms with Crippen molar-refractivity contribution in [1.29, 1.82) is 0 Å². The zero-order valence-corrected chi connectivity index (χ0v) is 11.2. The van der Waals surface area contributed by atoms with Crippen LogP contribution in [0.25, 0.3) is 0 Å². The van der Waals surface area contributed by atoms with Gasteiger partial charge in [0.15, 0.2) is 0 Å². The molecule has 0 bridgehead atoms. The van der Waals surface area contributed by atoms with Crippen molar-refractivity contribution >= 4 is 5.69 Å². The molecular formula is C14H18F3NO. The van der Waals surface area contributed by atoms with Gasteiger partial charge in [0, 0.05) is 17.1 Å². The number of anilines is 1. The predicted molar refractivity (Wildman–Crippen MR) is 68.0 cm³/mol. The van der Waals surface area contributed by atoms with E-state index in [1.54, 1.807) is 6.92 Å². The van der Waals surface area contributed by atoms with Crippen LogP contribution in [-0.4, -0.2) is 17.3 Å². The second-order valence-electron chi connectivity index (χ2n) is 5.80. The van der Waals surface area contributed by atoms with Crippen molar-refractivity contribution < 1.29 is 18.3 Å². The van der Waals surface area contributed by atoms with Crippen molar-refractivity contribution in [3.05, 3.63) is 29.3 Å². The van der Waals surface area contributed by atoms with Crippen molar-refractivity contribution in [2.45, 2.75) is 45.5 Å². The van der Waals surface area contributed by atoms with Gasteiger partial charge in [-0.1, -0.05) is 19.9 Å². The number of benzene rings is 1. The molecule has 1 saturated carbocycles. The quantitative estimate of drug-likeness (QED) is 0.863. The van der Waals surface area contributed by atoms with Crippen molar-refractivity contribution in [3.63, 3.8) is 0 Å². The molecule has 1 fully saturated rings. The summed E-state index contributed by atoms with van der Waals surface area (Å²) < 4.78 is 38.0. The van der Waals surface area contributed by atoms with E-state index in [0.717, 1.165) is 17.7 Å². The first kappa shape index (κ1) is 14.2. The maximum atomic E-state index is 12.7. The Kier molecular flexibility index (Phi) is 3.29. The van der Waals surface area contributed by atoms with Crippen LogP contribution < -0.4 is 5.32 Å². The zero-order chi connectivity index (χ0) is 14.4. The number of halogens is 3. The van der Waals surface area contributed by atoms with Gasteiger partial charge >= 0.3 is 6.18 Å². The first-order valence-electron chi connectivity index (χ1n) is 6.25. The van der Waals surface area contributed by atoms with Gasteiger partial charge < -0.3 is 10.4 Å². The minimum atomic E-state index is -4.33. The minimum Gasteiger partial charge on any atom is -0.392 e. The van der Waals surface area contributed by atoms with Gasteiger partial charge in [0.1, 0.15) is 0 Å². The van der Waals surface area contributed by atoms with Crippen LogP contribution >= 0.6 is 0 Å². The van der Waals surface area contributed by atoms with Crippen LogP contribution in [0.4, 0.5) is 18.9 Å². The molecular weight excluding hydrogens is 255 g/mol. The summed E-state index contributed by atoms with van der Waals surface area (Å²) in [7, 11) is 0. The molecule has 1 aromatic rings. The number of alkyl halides is 3. The Morgan fingerprint density at radius 2 is 1.95 bits per heavy atom. The maximum Gasteiger partial charge on any atom is 0.416 e. The van der Waals surface area contributed by atoms with Crippen LogP contribution in [0.5, 0.6) is 0 Å². The molecule has 1 aliphatic carbocycles. The fourth-order valence-electron chi connectivity index (χ4n) is 2.29. The Morgan fingerprint density at radius 3 is 2.42 bits per heavy atom. The van der Waals surface area contributed by atoms with Crippen LogP contribution in [0.15, 0.2) is 18.2 Å². The average Bonchev–Trinajstić information content (AvgIpc) is 2.29. The van der Waals surface area contributed by atoms with E-state index in [-0.39, 0.29) is 11.5 Å². The van der Waals surface area contributed by atoms with Crippen LogP contribution in [0.2, 0.25) is 0 Å². The Bertz CT molecular complexity index is 482. The summed E-state index contributed by atoms with van der Waals surface area (Å²) in [5.41, 5.74) is 0.281. The third kappa shape index (κ3) is 2.56. The predicted octanol–water partition coefficient (Wildman–Crippen LogP) is 3.59. The second kappa shape index (κ2) is 4.40. The number of nitrogens with one attached hydrogen (secondary N) is 1. The molecule has 1 aliphatic rings. The molecule has 0 amide bonds. The fraction of sp³-hybridized carbons (Fsp3) is 0.571. The summed E-state index contributed by atoms with van der Waals surface area (Å²) in [6, 6.07) is 3.68. The minimum absolute atomic E-state index is 0.00955. The van der Waals surface area contributed by atoms with E-state index >= 15 is 0 Å². The van der Waals surface area contributed by atoms with Gasteiger partial charge in [-0.3, -0.25) is 0 Å². The maximum absolute atomic E-state index is 12.7. The molecule has 0 aliphatic heterocycles. The van der Waals surface area contributed by atoms with E-state index < -0.39 is 17.8 Å². The van der Waals surface area contributed by atoms with Gasteiger partial charge in [0.25, 0.3) is 0 Å². The second-order valence-corrected chi connectivity index (χ2v) is 5.80. The smallest absolute Gasteiger partial charge is 0.392 e. The van der Waals surface area contributed by atoms with Gasteiger partial charge in [-0.2, -0.15) is 13.2 Å². The summed E-state index contributed by atoms with van der Waals surface area (Å²) in [6.07, 6.45) is -4.18. The molecule has 0 radical (unpaired) electrons. The number of hydrogen-bond donors (Lipinski definition) is 2. The highest BCUT2D eigenvalue weighted by atomic mass is 19.4. The largest absolute Gasteiger partial charge is 0.416 e. The highest BCUT2D eigenvalue weighted by molar-refractivity contribution is 5.54.